The first-order chi connectivity index (χ1) is 12.7. The Bertz CT molecular complexity index is 853. The molecule has 0 heterocycles. The van der Waals surface area contributed by atoms with Crippen LogP contribution < -0.4 is 10.1 Å². The molecule has 3 nitrogen and oxygen atoms in total. The largest absolute Gasteiger partial charge is 0.493 e. The fourth-order valence-electron chi connectivity index (χ4n) is 2.30. The second-order valence-corrected chi connectivity index (χ2v) is 6.64. The van der Waals surface area contributed by atoms with E-state index in [0.717, 1.165) is 5.75 Å². The van der Waals surface area contributed by atoms with Crippen LogP contribution >= 0.6 is 11.8 Å². The Morgan fingerprint density at radius 3 is 2.35 bits per heavy atom. The van der Waals surface area contributed by atoms with Crippen LogP contribution in [-0.2, 0) is 0 Å². The molecule has 0 radical (unpaired) electrons. The van der Waals surface area contributed by atoms with Crippen molar-refractivity contribution >= 4 is 23.4 Å². The van der Waals surface area contributed by atoms with Gasteiger partial charge < -0.3 is 10.1 Å². The Morgan fingerprint density at radius 1 is 0.923 bits per heavy atom. The van der Waals surface area contributed by atoms with Crippen LogP contribution in [0.4, 0.5) is 10.1 Å². The van der Waals surface area contributed by atoms with Crippen molar-refractivity contribution in [2.45, 2.75) is 4.90 Å². The summed E-state index contributed by atoms with van der Waals surface area (Å²) in [6.07, 6.45) is 0. The van der Waals surface area contributed by atoms with Crippen molar-refractivity contribution in [1.29, 1.82) is 0 Å². The molecule has 0 unspecified atom stereocenters. The van der Waals surface area contributed by atoms with E-state index in [9.17, 15) is 9.18 Å². The molecule has 1 amide bonds. The number of thioether (sulfide) groups is 1. The average Bonchev–Trinajstić information content (AvgIpc) is 2.68. The van der Waals surface area contributed by atoms with Crippen molar-refractivity contribution in [3.05, 3.63) is 90.2 Å². The molecule has 0 aromatic heterocycles. The second kappa shape index (κ2) is 9.06. The Morgan fingerprint density at radius 2 is 1.62 bits per heavy atom. The van der Waals surface area contributed by atoms with Crippen LogP contribution in [0.3, 0.4) is 0 Å². The molecular weight excluding hydrogens is 349 g/mol. The van der Waals surface area contributed by atoms with Crippen LogP contribution in [0.5, 0.6) is 5.75 Å². The monoisotopic (exact) mass is 367 g/mol. The summed E-state index contributed by atoms with van der Waals surface area (Å²) in [5.41, 5.74) is 0.607. The molecule has 0 aliphatic carbocycles. The number of amides is 1. The Labute approximate surface area is 156 Å². The molecule has 0 saturated heterocycles. The van der Waals surface area contributed by atoms with Gasteiger partial charge in [-0.2, -0.15) is 0 Å². The van der Waals surface area contributed by atoms with Gasteiger partial charge in [0, 0.05) is 16.2 Å². The zero-order valence-electron chi connectivity index (χ0n) is 14.0. The molecule has 26 heavy (non-hydrogen) atoms. The summed E-state index contributed by atoms with van der Waals surface area (Å²) in [7, 11) is 0. The number of benzene rings is 3. The van der Waals surface area contributed by atoms with Gasteiger partial charge in [-0.25, -0.2) is 4.39 Å². The number of ether oxygens (including phenoxy) is 1. The first-order valence-corrected chi connectivity index (χ1v) is 9.17. The maximum Gasteiger partial charge on any atom is 0.255 e. The Balaban J connectivity index is 1.48. The van der Waals surface area contributed by atoms with E-state index in [2.05, 4.69) is 17.4 Å². The lowest BCUT2D eigenvalue weighted by atomic mass is 10.2. The third-order valence-corrected chi connectivity index (χ3v) is 4.58. The molecule has 5 heteroatoms. The number of carbonyl (C=O) groups is 1. The number of halogens is 1. The van der Waals surface area contributed by atoms with E-state index in [4.69, 9.17) is 4.74 Å². The van der Waals surface area contributed by atoms with Crippen LogP contribution in [0.15, 0.2) is 83.8 Å². The van der Waals surface area contributed by atoms with Gasteiger partial charge in [-0.3, -0.25) is 4.79 Å². The minimum atomic E-state index is -0.461. The van der Waals surface area contributed by atoms with Crippen molar-refractivity contribution in [3.8, 4) is 5.75 Å². The van der Waals surface area contributed by atoms with E-state index in [0.29, 0.717) is 17.9 Å². The highest BCUT2D eigenvalue weighted by Gasteiger charge is 2.09. The van der Waals surface area contributed by atoms with Crippen LogP contribution in [0, 0.1) is 5.82 Å². The van der Waals surface area contributed by atoms with Gasteiger partial charge in [-0.15, -0.1) is 11.8 Å². The van der Waals surface area contributed by atoms with Gasteiger partial charge in [0.15, 0.2) is 0 Å². The first kappa shape index (κ1) is 18.0. The molecule has 0 saturated carbocycles. The summed E-state index contributed by atoms with van der Waals surface area (Å²) in [5, 5.41) is 2.56. The summed E-state index contributed by atoms with van der Waals surface area (Å²) >= 11 is 1.73. The lowest BCUT2D eigenvalue weighted by molar-refractivity contribution is 0.102. The highest BCUT2D eigenvalue weighted by molar-refractivity contribution is 7.99. The molecule has 0 atom stereocenters. The molecule has 132 valence electrons. The summed E-state index contributed by atoms with van der Waals surface area (Å²) in [5.74, 6) is 0.707. The molecule has 3 aromatic carbocycles. The predicted octanol–water partition coefficient (Wildman–Crippen LogP) is 5.25. The maximum atomic E-state index is 13.6. The number of hydrogen-bond acceptors (Lipinski definition) is 3. The van der Waals surface area contributed by atoms with Crippen LogP contribution in [0.25, 0.3) is 0 Å². The van der Waals surface area contributed by atoms with Gasteiger partial charge in [-0.1, -0.05) is 30.3 Å². The topological polar surface area (TPSA) is 38.3 Å². The quantitative estimate of drug-likeness (QED) is 0.458. The second-order valence-electron chi connectivity index (χ2n) is 5.47. The maximum absolute atomic E-state index is 13.6. The van der Waals surface area contributed by atoms with E-state index >= 15 is 0 Å². The van der Waals surface area contributed by atoms with E-state index in [1.165, 1.54) is 17.0 Å². The Hall–Kier alpha value is -2.79. The summed E-state index contributed by atoms with van der Waals surface area (Å²) in [4.78, 5) is 13.4. The highest BCUT2D eigenvalue weighted by Crippen LogP contribution is 2.19. The van der Waals surface area contributed by atoms with E-state index in [1.54, 1.807) is 48.2 Å². The smallest absolute Gasteiger partial charge is 0.255 e. The number of hydrogen-bond donors (Lipinski definition) is 1. The van der Waals surface area contributed by atoms with Crippen molar-refractivity contribution < 1.29 is 13.9 Å². The van der Waals surface area contributed by atoms with Gasteiger partial charge in [0.25, 0.3) is 5.91 Å². The Kier molecular flexibility index (Phi) is 6.28. The molecule has 1 N–H and O–H groups in total. The fourth-order valence-corrected chi connectivity index (χ4v) is 3.05. The van der Waals surface area contributed by atoms with E-state index < -0.39 is 5.82 Å². The minimum Gasteiger partial charge on any atom is -0.493 e. The molecule has 0 bridgehead atoms. The molecule has 3 aromatic rings. The number of anilines is 1. The third kappa shape index (κ3) is 5.10. The normalized spacial score (nSPS) is 10.3. The van der Waals surface area contributed by atoms with Crippen LogP contribution in [0.1, 0.15) is 10.4 Å². The molecule has 3 rings (SSSR count). The predicted molar refractivity (Wildman–Crippen MR) is 103 cm³/mol. The van der Waals surface area contributed by atoms with Gasteiger partial charge in [0.2, 0.25) is 0 Å². The average molecular weight is 367 g/mol. The van der Waals surface area contributed by atoms with E-state index in [-0.39, 0.29) is 11.6 Å². The lowest BCUT2D eigenvalue weighted by Crippen LogP contribution is -2.12. The van der Waals surface area contributed by atoms with Gasteiger partial charge in [-0.05, 0) is 48.5 Å². The molecule has 0 fully saturated rings. The summed E-state index contributed by atoms with van der Waals surface area (Å²) in [6, 6.07) is 23.0. The highest BCUT2D eigenvalue weighted by atomic mass is 32.2. The summed E-state index contributed by atoms with van der Waals surface area (Å²) in [6.45, 7) is 0.570. The number of nitrogens with one attached hydrogen (secondary N) is 1. The molecule has 0 aliphatic heterocycles. The molecule has 0 spiro atoms. The van der Waals surface area contributed by atoms with Crippen molar-refractivity contribution in [2.24, 2.45) is 0 Å². The lowest BCUT2D eigenvalue weighted by Gasteiger charge is -2.08. The van der Waals surface area contributed by atoms with Crippen molar-refractivity contribution in [2.75, 3.05) is 17.7 Å². The first-order valence-electron chi connectivity index (χ1n) is 8.19. The zero-order chi connectivity index (χ0) is 18.2. The number of para-hydroxylation sites is 1. The van der Waals surface area contributed by atoms with Crippen molar-refractivity contribution in [1.82, 2.24) is 0 Å². The molecule has 0 aliphatic rings. The van der Waals surface area contributed by atoms with Gasteiger partial charge in [0.05, 0.1) is 12.3 Å². The summed E-state index contributed by atoms with van der Waals surface area (Å²) < 4.78 is 19.3. The van der Waals surface area contributed by atoms with Gasteiger partial charge >= 0.3 is 0 Å². The molecular formula is C21H18FNO2S. The van der Waals surface area contributed by atoms with Crippen LogP contribution in [-0.4, -0.2) is 18.3 Å². The number of rotatable bonds is 7. The van der Waals surface area contributed by atoms with Crippen molar-refractivity contribution in [3.63, 3.8) is 0 Å². The van der Waals surface area contributed by atoms with Gasteiger partial charge in [0.1, 0.15) is 11.6 Å². The zero-order valence-corrected chi connectivity index (χ0v) is 14.8. The standard InChI is InChI=1S/C21H18FNO2S/c22-19-8-4-5-9-20(19)23-21(24)16-10-12-17(13-11-16)25-14-15-26-18-6-2-1-3-7-18/h1-13H,14-15H2,(H,23,24). The minimum absolute atomic E-state index is 0.163. The fraction of sp³-hybridized carbons (Fsp3) is 0.0952. The van der Waals surface area contributed by atoms with Crippen LogP contribution in [0.2, 0.25) is 0 Å². The SMILES string of the molecule is O=C(Nc1ccccc1F)c1ccc(OCCSc2ccccc2)cc1. The van der Waals surface area contributed by atoms with E-state index in [1.807, 2.05) is 18.2 Å². The third-order valence-electron chi connectivity index (χ3n) is 3.60. The number of carbonyl (C=O) groups excluding carboxylic acids is 1.